The zero-order valence-corrected chi connectivity index (χ0v) is 12.5. The summed E-state index contributed by atoms with van der Waals surface area (Å²) in [4.78, 5) is 0. The molecule has 3 unspecified atom stereocenters. The molecule has 0 aromatic rings. The van der Waals surface area contributed by atoms with Crippen molar-refractivity contribution in [3.05, 3.63) is 0 Å². The summed E-state index contributed by atoms with van der Waals surface area (Å²) in [5.74, 6) is -13.0. The summed E-state index contributed by atoms with van der Waals surface area (Å²) in [5, 5.41) is 8.18. The van der Waals surface area contributed by atoms with Crippen LogP contribution in [0.4, 0.5) is 48.3 Å². The van der Waals surface area contributed by atoms with Crippen molar-refractivity contribution in [2.24, 2.45) is 0 Å². The van der Waals surface area contributed by atoms with Crippen molar-refractivity contribution in [2.75, 3.05) is 0 Å². The standard InChI is InChI=1S/C6HF11O3.K.H/c7-1(3(9,10)11)5(15,16)19-2(8,4(12,13)14)6(17,18)20-1;;/h18H;;/q;+1;-1. The van der Waals surface area contributed by atoms with E-state index in [1.807, 2.05) is 9.47 Å². The number of hydrogen-bond acceptors (Lipinski definition) is 3. The Morgan fingerprint density at radius 2 is 1.05 bits per heavy atom. The third-order valence-electron chi connectivity index (χ3n) is 2.04. The maximum atomic E-state index is 13.0. The van der Waals surface area contributed by atoms with E-state index in [0.717, 1.165) is 0 Å². The molecule has 15 heteroatoms. The van der Waals surface area contributed by atoms with Gasteiger partial charge in [0.1, 0.15) is 0 Å². The predicted molar refractivity (Wildman–Crippen MR) is 34.1 cm³/mol. The van der Waals surface area contributed by atoms with Gasteiger partial charge in [-0.05, 0) is 0 Å². The Kier molecular flexibility index (Phi) is 5.58. The first kappa shape index (κ1) is 21.7. The summed E-state index contributed by atoms with van der Waals surface area (Å²) in [6.07, 6.45) is -20.3. The van der Waals surface area contributed by atoms with E-state index in [0.29, 0.717) is 0 Å². The van der Waals surface area contributed by atoms with Crippen molar-refractivity contribution in [3.63, 3.8) is 0 Å². The van der Waals surface area contributed by atoms with Gasteiger partial charge in [0.25, 0.3) is 0 Å². The molecule has 21 heavy (non-hydrogen) atoms. The van der Waals surface area contributed by atoms with Gasteiger partial charge in [0.05, 0.1) is 0 Å². The molecule has 1 N–H and O–H groups in total. The largest absolute Gasteiger partial charge is 1.00 e. The van der Waals surface area contributed by atoms with Crippen molar-refractivity contribution in [1.82, 2.24) is 0 Å². The van der Waals surface area contributed by atoms with Crippen molar-refractivity contribution < 1.29 is 116 Å². The molecule has 0 saturated carbocycles. The van der Waals surface area contributed by atoms with Gasteiger partial charge in [0.2, 0.25) is 0 Å². The number of alkyl halides is 11. The van der Waals surface area contributed by atoms with E-state index in [4.69, 9.17) is 5.11 Å². The van der Waals surface area contributed by atoms with Gasteiger partial charge in [-0.1, -0.05) is 0 Å². The minimum atomic E-state index is -6.86. The average molecular weight is 370 g/mol. The van der Waals surface area contributed by atoms with Crippen molar-refractivity contribution in [3.8, 4) is 0 Å². The monoisotopic (exact) mass is 370 g/mol. The Hall–Kier alpha value is 0.746. The molecule has 1 saturated heterocycles. The molecule has 0 radical (unpaired) electrons. The molecule has 1 rings (SSSR count). The second-order valence-corrected chi connectivity index (χ2v) is 3.47. The molecule has 3 nitrogen and oxygen atoms in total. The normalized spacial score (nSPS) is 40.6. The van der Waals surface area contributed by atoms with E-state index in [1.165, 1.54) is 0 Å². The Morgan fingerprint density at radius 1 is 0.714 bits per heavy atom. The van der Waals surface area contributed by atoms with Crippen LogP contribution in [0.2, 0.25) is 0 Å². The molecule has 0 amide bonds. The maximum absolute atomic E-state index is 13.0. The molecule has 1 fully saturated rings. The minimum Gasteiger partial charge on any atom is -1.00 e. The van der Waals surface area contributed by atoms with Gasteiger partial charge in [-0.15, -0.1) is 0 Å². The summed E-state index contributed by atoms with van der Waals surface area (Å²) >= 11 is 0. The number of ether oxygens (including phenoxy) is 2. The fraction of sp³-hybridized carbons (Fsp3) is 1.00. The summed E-state index contributed by atoms with van der Waals surface area (Å²) in [6, 6.07) is -6.22. The molecule has 122 valence electrons. The Labute approximate surface area is 151 Å². The topological polar surface area (TPSA) is 38.7 Å². The molecule has 0 bridgehead atoms. The second-order valence-electron chi connectivity index (χ2n) is 3.47. The van der Waals surface area contributed by atoms with Gasteiger partial charge < -0.3 is 6.53 Å². The number of halogens is 11. The van der Waals surface area contributed by atoms with E-state index in [-0.39, 0.29) is 52.8 Å². The number of hydrogen-bond donors (Lipinski definition) is 1. The van der Waals surface area contributed by atoms with Crippen LogP contribution in [0.25, 0.3) is 0 Å². The third-order valence-corrected chi connectivity index (χ3v) is 2.04. The fourth-order valence-electron chi connectivity index (χ4n) is 1.07. The van der Waals surface area contributed by atoms with Crippen molar-refractivity contribution >= 4 is 0 Å². The van der Waals surface area contributed by atoms with Crippen LogP contribution in [0.1, 0.15) is 1.43 Å². The molecule has 1 heterocycles. The molecular formula is C6H2F11KO3. The first-order valence-corrected chi connectivity index (χ1v) is 4.12. The summed E-state index contributed by atoms with van der Waals surface area (Å²) in [6.45, 7) is 0. The number of aliphatic hydroxyl groups is 1. The summed E-state index contributed by atoms with van der Waals surface area (Å²) in [7, 11) is 0. The van der Waals surface area contributed by atoms with Crippen molar-refractivity contribution in [2.45, 2.75) is 36.2 Å². The van der Waals surface area contributed by atoms with E-state index >= 15 is 0 Å². The molecule has 0 spiro atoms. The molecule has 0 aliphatic carbocycles. The second kappa shape index (κ2) is 5.39. The first-order chi connectivity index (χ1) is 8.41. The van der Waals surface area contributed by atoms with E-state index in [9.17, 15) is 48.3 Å². The van der Waals surface area contributed by atoms with Crippen LogP contribution in [0.15, 0.2) is 0 Å². The average Bonchev–Trinajstić information content (AvgIpc) is 2.09. The smallest absolute Gasteiger partial charge is 1.00 e. The molecule has 3 atom stereocenters. The van der Waals surface area contributed by atoms with Gasteiger partial charge in [-0.2, -0.15) is 48.3 Å². The van der Waals surface area contributed by atoms with Crippen LogP contribution in [0.3, 0.4) is 0 Å². The van der Waals surface area contributed by atoms with Gasteiger partial charge in [-0.25, -0.2) is 0 Å². The Bertz CT molecular complexity index is 374. The van der Waals surface area contributed by atoms with Gasteiger partial charge in [0.15, 0.2) is 0 Å². The summed E-state index contributed by atoms with van der Waals surface area (Å²) < 4.78 is 140. The zero-order valence-electron chi connectivity index (χ0n) is 10.4. The van der Waals surface area contributed by atoms with Crippen LogP contribution in [0.5, 0.6) is 0 Å². The van der Waals surface area contributed by atoms with Gasteiger partial charge in [-0.3, -0.25) is 9.47 Å². The van der Waals surface area contributed by atoms with Crippen LogP contribution < -0.4 is 51.4 Å². The number of rotatable bonds is 0. The molecule has 1 aliphatic rings. The quantitative estimate of drug-likeness (QED) is 0.475. The van der Waals surface area contributed by atoms with Crippen LogP contribution in [-0.4, -0.2) is 41.3 Å². The first-order valence-electron chi connectivity index (χ1n) is 4.12. The molecular weight excluding hydrogens is 368 g/mol. The SMILES string of the molecule is OC1(F)OC(F)(C(F)(F)F)C(F)(F)OC1(F)C(F)(F)F.[H-].[K+]. The van der Waals surface area contributed by atoms with E-state index in [2.05, 4.69) is 0 Å². The van der Waals surface area contributed by atoms with Crippen LogP contribution >= 0.6 is 0 Å². The fourth-order valence-corrected chi connectivity index (χ4v) is 1.07. The Morgan fingerprint density at radius 3 is 1.33 bits per heavy atom. The van der Waals surface area contributed by atoms with E-state index in [1.54, 1.807) is 0 Å². The molecule has 0 aromatic heterocycles. The molecule has 0 aromatic carbocycles. The van der Waals surface area contributed by atoms with Crippen molar-refractivity contribution in [1.29, 1.82) is 0 Å². The van der Waals surface area contributed by atoms with E-state index < -0.39 is 36.2 Å². The Balaban J connectivity index is 0. The summed E-state index contributed by atoms with van der Waals surface area (Å²) in [5.41, 5.74) is 0. The van der Waals surface area contributed by atoms with Gasteiger partial charge in [0, 0.05) is 0 Å². The van der Waals surface area contributed by atoms with Crippen LogP contribution in [-0.2, 0) is 9.47 Å². The predicted octanol–water partition coefficient (Wildman–Crippen LogP) is -0.186. The van der Waals surface area contributed by atoms with Crippen LogP contribution in [0, 0.1) is 0 Å². The minimum absolute atomic E-state index is 0. The third kappa shape index (κ3) is 3.07. The van der Waals surface area contributed by atoms with Gasteiger partial charge >= 0.3 is 87.6 Å². The maximum Gasteiger partial charge on any atom is 1.00 e. The zero-order chi connectivity index (χ0) is 16.4. The molecule has 1 aliphatic heterocycles.